The fraction of sp³-hybridized carbons (Fsp3) is 0.667. The highest BCUT2D eigenvalue weighted by molar-refractivity contribution is 8.04. The molecule has 0 bridgehead atoms. The third kappa shape index (κ3) is 6.57. The molecule has 0 heterocycles. The van der Waals surface area contributed by atoms with Crippen molar-refractivity contribution in [1.82, 2.24) is 0 Å². The number of hydrogen-bond donors (Lipinski definition) is 0. The van der Waals surface area contributed by atoms with Crippen molar-refractivity contribution in [1.29, 1.82) is 0 Å². The first kappa shape index (κ1) is 21.2. The monoisotopic (exact) mass is 370 g/mol. The summed E-state index contributed by atoms with van der Waals surface area (Å²) in [6.45, 7) is 11.0. The molecule has 1 rings (SSSR count). The predicted molar refractivity (Wildman–Crippen MR) is 103 cm³/mol. The van der Waals surface area contributed by atoms with Crippen molar-refractivity contribution >= 4 is 31.8 Å². The Morgan fingerprint density at radius 2 is 2.08 bits per heavy atom. The SMILES string of the molecule is COC(=O)C=CCCCSC1=CC(O[Si](C)(C)C(C)(C)C)CC1=O. The van der Waals surface area contributed by atoms with Crippen LogP contribution in [0.15, 0.2) is 23.1 Å². The van der Waals surface area contributed by atoms with Crippen molar-refractivity contribution < 1.29 is 18.8 Å². The van der Waals surface area contributed by atoms with Gasteiger partial charge in [0.05, 0.1) is 13.2 Å². The van der Waals surface area contributed by atoms with Crippen LogP contribution in [-0.4, -0.2) is 39.0 Å². The molecule has 0 saturated carbocycles. The lowest BCUT2D eigenvalue weighted by atomic mass is 10.2. The highest BCUT2D eigenvalue weighted by Crippen LogP contribution is 2.39. The number of thioether (sulfide) groups is 1. The normalized spacial score (nSPS) is 19.0. The van der Waals surface area contributed by atoms with E-state index in [0.717, 1.165) is 23.5 Å². The van der Waals surface area contributed by atoms with E-state index in [1.54, 1.807) is 17.8 Å². The number of allylic oxidation sites excluding steroid dienone is 2. The van der Waals surface area contributed by atoms with Crippen LogP contribution in [0.3, 0.4) is 0 Å². The molecule has 0 radical (unpaired) electrons. The van der Waals surface area contributed by atoms with Crippen LogP contribution in [0.2, 0.25) is 18.1 Å². The zero-order valence-corrected chi connectivity index (χ0v) is 17.5. The summed E-state index contributed by atoms with van der Waals surface area (Å²) in [7, 11) is -0.487. The maximum absolute atomic E-state index is 12.1. The molecule has 24 heavy (non-hydrogen) atoms. The zero-order valence-electron chi connectivity index (χ0n) is 15.7. The lowest BCUT2D eigenvalue weighted by Gasteiger charge is -2.37. The predicted octanol–water partition coefficient (Wildman–Crippen LogP) is 4.48. The third-order valence-electron chi connectivity index (χ3n) is 4.48. The van der Waals surface area contributed by atoms with E-state index in [-0.39, 0.29) is 22.9 Å². The Morgan fingerprint density at radius 3 is 2.67 bits per heavy atom. The Kier molecular flexibility index (Phi) is 7.96. The van der Waals surface area contributed by atoms with E-state index in [9.17, 15) is 9.59 Å². The van der Waals surface area contributed by atoms with Gasteiger partial charge in [-0.2, -0.15) is 0 Å². The number of Topliss-reactive ketones (excluding diaryl/α,β-unsaturated/α-hetero) is 1. The molecular weight excluding hydrogens is 340 g/mol. The van der Waals surface area contributed by atoms with Crippen LogP contribution >= 0.6 is 11.8 Å². The Labute approximate surface area is 151 Å². The molecule has 136 valence electrons. The van der Waals surface area contributed by atoms with Gasteiger partial charge in [0.25, 0.3) is 0 Å². The van der Waals surface area contributed by atoms with Gasteiger partial charge in [0.2, 0.25) is 0 Å². The average molecular weight is 371 g/mol. The summed E-state index contributed by atoms with van der Waals surface area (Å²) in [5.74, 6) is 0.714. The van der Waals surface area contributed by atoms with E-state index in [4.69, 9.17) is 4.43 Å². The molecule has 0 saturated heterocycles. The second kappa shape index (κ2) is 9.01. The summed E-state index contributed by atoms with van der Waals surface area (Å²) in [4.78, 5) is 23.9. The van der Waals surface area contributed by atoms with E-state index in [1.165, 1.54) is 13.2 Å². The molecule has 0 spiro atoms. The van der Waals surface area contributed by atoms with Crippen LogP contribution in [-0.2, 0) is 18.8 Å². The average Bonchev–Trinajstić information content (AvgIpc) is 2.80. The molecule has 0 aromatic heterocycles. The first-order valence-corrected chi connectivity index (χ1v) is 12.3. The van der Waals surface area contributed by atoms with Crippen molar-refractivity contribution in [3.63, 3.8) is 0 Å². The minimum absolute atomic E-state index is 0.0693. The summed E-state index contributed by atoms with van der Waals surface area (Å²) >= 11 is 1.59. The fourth-order valence-corrected chi connectivity index (χ4v) is 4.28. The van der Waals surface area contributed by atoms with Gasteiger partial charge in [-0.25, -0.2) is 4.79 Å². The summed E-state index contributed by atoms with van der Waals surface area (Å²) in [5, 5.41) is 0.145. The molecule has 0 fully saturated rings. The number of esters is 1. The van der Waals surface area contributed by atoms with Crippen LogP contribution in [0.25, 0.3) is 0 Å². The third-order valence-corrected chi connectivity index (χ3v) is 10.2. The van der Waals surface area contributed by atoms with Crippen molar-refractivity contribution in [3.05, 3.63) is 23.1 Å². The minimum atomic E-state index is -1.85. The maximum Gasteiger partial charge on any atom is 0.330 e. The van der Waals surface area contributed by atoms with Gasteiger partial charge in [0, 0.05) is 17.4 Å². The topological polar surface area (TPSA) is 52.6 Å². The molecular formula is C18H30O4SSi. The fourth-order valence-electron chi connectivity index (χ4n) is 1.99. The molecule has 1 atom stereocenters. The van der Waals surface area contributed by atoms with Crippen molar-refractivity contribution in [3.8, 4) is 0 Å². The Hall–Kier alpha value is -0.853. The molecule has 1 aliphatic rings. The van der Waals surface area contributed by atoms with Gasteiger partial charge in [-0.3, -0.25) is 4.79 Å². The van der Waals surface area contributed by atoms with E-state index in [1.807, 2.05) is 6.08 Å². The van der Waals surface area contributed by atoms with Gasteiger partial charge >= 0.3 is 5.97 Å². The molecule has 4 nitrogen and oxygen atoms in total. The number of methoxy groups -OCH3 is 1. The van der Waals surface area contributed by atoms with E-state index in [2.05, 4.69) is 38.6 Å². The largest absolute Gasteiger partial charge is 0.466 e. The Morgan fingerprint density at radius 1 is 1.42 bits per heavy atom. The highest BCUT2D eigenvalue weighted by Gasteiger charge is 2.40. The first-order valence-electron chi connectivity index (χ1n) is 8.37. The zero-order chi connectivity index (χ0) is 18.4. The van der Waals surface area contributed by atoms with Crippen LogP contribution in [0, 0.1) is 0 Å². The van der Waals surface area contributed by atoms with Gasteiger partial charge < -0.3 is 9.16 Å². The van der Waals surface area contributed by atoms with Crippen molar-refractivity contribution in [2.45, 2.75) is 64.3 Å². The molecule has 0 N–H and O–H groups in total. The number of rotatable bonds is 8. The van der Waals surface area contributed by atoms with E-state index >= 15 is 0 Å². The lowest BCUT2D eigenvalue weighted by Crippen LogP contribution is -2.43. The maximum atomic E-state index is 12.1. The van der Waals surface area contributed by atoms with Crippen LogP contribution in [0.4, 0.5) is 0 Å². The molecule has 6 heteroatoms. The molecule has 0 aromatic carbocycles. The van der Waals surface area contributed by atoms with Crippen molar-refractivity contribution in [2.75, 3.05) is 12.9 Å². The van der Waals surface area contributed by atoms with Gasteiger partial charge in [-0.05, 0) is 42.8 Å². The number of carbonyl (C=O) groups is 2. The van der Waals surface area contributed by atoms with Crippen LogP contribution < -0.4 is 0 Å². The van der Waals surface area contributed by atoms with Crippen molar-refractivity contribution in [2.24, 2.45) is 0 Å². The highest BCUT2D eigenvalue weighted by atomic mass is 32.2. The second-order valence-electron chi connectivity index (χ2n) is 7.49. The van der Waals surface area contributed by atoms with Gasteiger partial charge in [-0.1, -0.05) is 26.8 Å². The molecule has 0 amide bonds. The van der Waals surface area contributed by atoms with Gasteiger partial charge in [-0.15, -0.1) is 11.8 Å². The Bertz CT molecular complexity index is 518. The summed E-state index contributed by atoms with van der Waals surface area (Å²) in [6, 6.07) is 0. The second-order valence-corrected chi connectivity index (χ2v) is 13.4. The number of hydrogen-bond acceptors (Lipinski definition) is 5. The van der Waals surface area contributed by atoms with Gasteiger partial charge in [0.15, 0.2) is 14.1 Å². The summed E-state index contributed by atoms with van der Waals surface area (Å²) in [6.07, 6.45) is 7.35. The smallest absolute Gasteiger partial charge is 0.330 e. The Balaban J connectivity index is 2.42. The van der Waals surface area contributed by atoms with E-state index in [0.29, 0.717) is 6.42 Å². The molecule has 1 aliphatic carbocycles. The first-order chi connectivity index (χ1) is 11.1. The summed E-state index contributed by atoms with van der Waals surface area (Å²) in [5.41, 5.74) is 0. The standard InChI is InChI=1S/C18H30O4SSi/c1-18(2,3)24(5,6)22-14-12-15(19)16(13-14)23-11-9-7-8-10-17(20)21-4/h8,10,13-14H,7,9,11-12H2,1-6H3. The van der Waals surface area contributed by atoms with Crippen LogP contribution in [0.5, 0.6) is 0 Å². The molecule has 0 aromatic rings. The van der Waals surface area contributed by atoms with Gasteiger partial charge in [0.1, 0.15) is 0 Å². The lowest BCUT2D eigenvalue weighted by molar-refractivity contribution is -0.134. The quantitative estimate of drug-likeness (QED) is 0.273. The number of unbranched alkanes of at least 4 members (excludes halogenated alkanes) is 1. The molecule has 0 aliphatic heterocycles. The number of ketones is 1. The van der Waals surface area contributed by atoms with E-state index < -0.39 is 8.32 Å². The number of carbonyl (C=O) groups excluding carboxylic acids is 2. The number of ether oxygens (including phenoxy) is 1. The minimum Gasteiger partial charge on any atom is -0.466 e. The van der Waals surface area contributed by atoms with Crippen LogP contribution in [0.1, 0.15) is 40.0 Å². The summed E-state index contributed by atoms with van der Waals surface area (Å²) < 4.78 is 10.8. The molecule has 1 unspecified atom stereocenters.